The van der Waals surface area contributed by atoms with Crippen LogP contribution in [0.4, 0.5) is 0 Å². The van der Waals surface area contributed by atoms with Gasteiger partial charge in [0.25, 0.3) is 5.91 Å². The molecule has 2 atom stereocenters. The van der Waals surface area contributed by atoms with E-state index in [1.165, 1.54) is 0 Å². The summed E-state index contributed by atoms with van der Waals surface area (Å²) in [6.45, 7) is 6.34. The van der Waals surface area contributed by atoms with Crippen molar-refractivity contribution in [2.24, 2.45) is 5.92 Å². The van der Waals surface area contributed by atoms with Gasteiger partial charge in [0.1, 0.15) is 5.92 Å². The Labute approximate surface area is 113 Å². The van der Waals surface area contributed by atoms with Gasteiger partial charge >= 0.3 is 5.97 Å². The van der Waals surface area contributed by atoms with Crippen molar-refractivity contribution in [3.63, 3.8) is 0 Å². The Morgan fingerprint density at radius 3 is 2.53 bits per heavy atom. The average Bonchev–Trinajstić information content (AvgIpc) is 2.37. The number of carbonyl (C=O) groups is 2. The van der Waals surface area contributed by atoms with E-state index in [1.807, 2.05) is 20.8 Å². The highest BCUT2D eigenvalue weighted by Crippen LogP contribution is 2.36. The highest BCUT2D eigenvalue weighted by Gasteiger charge is 2.43. The third kappa shape index (κ3) is 2.11. The van der Waals surface area contributed by atoms with Gasteiger partial charge in [0.15, 0.2) is 0 Å². The van der Waals surface area contributed by atoms with E-state index in [2.05, 4.69) is 0 Å². The number of amides is 1. The molecule has 1 aliphatic rings. The lowest BCUT2D eigenvalue weighted by molar-refractivity contribution is -0.141. The van der Waals surface area contributed by atoms with E-state index in [4.69, 9.17) is 0 Å². The molecule has 1 heterocycles. The summed E-state index contributed by atoms with van der Waals surface area (Å²) in [5.74, 6) is -1.47. The van der Waals surface area contributed by atoms with Crippen LogP contribution in [-0.2, 0) is 4.79 Å². The monoisotopic (exact) mass is 261 g/mol. The molecular formula is C15H19NO3. The highest BCUT2D eigenvalue weighted by molar-refractivity contribution is 6.00. The Morgan fingerprint density at radius 1 is 1.37 bits per heavy atom. The zero-order valence-corrected chi connectivity index (χ0v) is 11.5. The lowest BCUT2D eigenvalue weighted by atomic mass is 9.78. The minimum absolute atomic E-state index is 0.0608. The lowest BCUT2D eigenvalue weighted by Gasteiger charge is -2.42. The molecule has 0 saturated heterocycles. The fourth-order valence-corrected chi connectivity index (χ4v) is 3.00. The van der Waals surface area contributed by atoms with Crippen molar-refractivity contribution in [1.82, 2.24) is 4.90 Å². The number of carboxylic acid groups (broad SMARTS) is 1. The zero-order chi connectivity index (χ0) is 14.2. The molecule has 1 N–H and O–H groups in total. The molecule has 0 spiro atoms. The van der Waals surface area contributed by atoms with Crippen LogP contribution in [0.3, 0.4) is 0 Å². The first-order valence-corrected chi connectivity index (χ1v) is 6.61. The number of likely N-dealkylation sites (N-methyl/N-ethyl adjacent to an activating group) is 1. The Hall–Kier alpha value is -1.84. The SMILES string of the molecule is CCN1C(=O)c2ccccc2C(C(=O)O)C1C(C)C. The third-order valence-electron chi connectivity index (χ3n) is 3.78. The summed E-state index contributed by atoms with van der Waals surface area (Å²) in [5, 5.41) is 9.57. The Morgan fingerprint density at radius 2 is 2.00 bits per heavy atom. The second-order valence-corrected chi connectivity index (χ2v) is 5.23. The van der Waals surface area contributed by atoms with Crippen LogP contribution in [0.2, 0.25) is 0 Å². The number of benzene rings is 1. The van der Waals surface area contributed by atoms with Crippen molar-refractivity contribution in [2.75, 3.05) is 6.54 Å². The molecule has 0 radical (unpaired) electrons. The van der Waals surface area contributed by atoms with Gasteiger partial charge in [-0.05, 0) is 24.5 Å². The predicted molar refractivity (Wildman–Crippen MR) is 72.2 cm³/mol. The van der Waals surface area contributed by atoms with Crippen molar-refractivity contribution in [3.8, 4) is 0 Å². The van der Waals surface area contributed by atoms with Gasteiger partial charge in [-0.15, -0.1) is 0 Å². The second-order valence-electron chi connectivity index (χ2n) is 5.23. The number of nitrogens with zero attached hydrogens (tertiary/aromatic N) is 1. The summed E-state index contributed by atoms with van der Waals surface area (Å²) < 4.78 is 0. The Balaban J connectivity index is 2.63. The van der Waals surface area contributed by atoms with Crippen LogP contribution in [0.5, 0.6) is 0 Å². The van der Waals surface area contributed by atoms with E-state index in [9.17, 15) is 14.7 Å². The molecule has 4 nitrogen and oxygen atoms in total. The number of rotatable bonds is 3. The van der Waals surface area contributed by atoms with Crippen molar-refractivity contribution in [3.05, 3.63) is 35.4 Å². The third-order valence-corrected chi connectivity index (χ3v) is 3.78. The highest BCUT2D eigenvalue weighted by atomic mass is 16.4. The van der Waals surface area contributed by atoms with Crippen molar-refractivity contribution in [1.29, 1.82) is 0 Å². The predicted octanol–water partition coefficient (Wildman–Crippen LogP) is 2.36. The summed E-state index contributed by atoms with van der Waals surface area (Å²) in [5.41, 5.74) is 1.16. The van der Waals surface area contributed by atoms with Gasteiger partial charge in [-0.2, -0.15) is 0 Å². The van der Waals surface area contributed by atoms with E-state index in [0.717, 1.165) is 0 Å². The van der Waals surface area contributed by atoms with Crippen LogP contribution in [0, 0.1) is 5.92 Å². The first kappa shape index (κ1) is 13.6. The molecule has 4 heteroatoms. The maximum atomic E-state index is 12.5. The summed E-state index contributed by atoms with van der Waals surface area (Å²) >= 11 is 0. The molecule has 2 unspecified atom stereocenters. The van der Waals surface area contributed by atoms with Gasteiger partial charge < -0.3 is 10.0 Å². The van der Waals surface area contributed by atoms with Gasteiger partial charge in [-0.25, -0.2) is 0 Å². The molecule has 19 heavy (non-hydrogen) atoms. The number of fused-ring (bicyclic) bond motifs is 1. The molecule has 0 fully saturated rings. The van der Waals surface area contributed by atoms with Gasteiger partial charge in [-0.1, -0.05) is 32.0 Å². The molecule has 0 aromatic heterocycles. The summed E-state index contributed by atoms with van der Waals surface area (Å²) in [6.07, 6.45) is 0. The smallest absolute Gasteiger partial charge is 0.313 e. The minimum atomic E-state index is -0.864. The maximum absolute atomic E-state index is 12.5. The summed E-state index contributed by atoms with van der Waals surface area (Å²) in [7, 11) is 0. The standard InChI is InChI=1S/C15H19NO3/c1-4-16-13(9(2)3)12(15(18)19)10-7-5-6-8-11(10)14(16)17/h5-9,12-13H,4H2,1-3H3,(H,18,19). The van der Waals surface area contributed by atoms with E-state index < -0.39 is 11.9 Å². The first-order chi connectivity index (χ1) is 8.99. The van der Waals surface area contributed by atoms with Crippen LogP contribution in [0.25, 0.3) is 0 Å². The van der Waals surface area contributed by atoms with Gasteiger partial charge in [-0.3, -0.25) is 9.59 Å². The average molecular weight is 261 g/mol. The van der Waals surface area contributed by atoms with Crippen LogP contribution in [-0.4, -0.2) is 34.5 Å². The van der Waals surface area contributed by atoms with Gasteiger partial charge in [0.2, 0.25) is 0 Å². The molecule has 0 bridgehead atoms. The normalized spacial score (nSPS) is 22.5. The Bertz CT molecular complexity index is 510. The number of carbonyl (C=O) groups excluding carboxylic acids is 1. The largest absolute Gasteiger partial charge is 0.481 e. The molecule has 0 saturated carbocycles. The number of carboxylic acids is 1. The number of aliphatic carboxylic acids is 1. The molecule has 1 aromatic rings. The number of hydrogen-bond acceptors (Lipinski definition) is 2. The van der Waals surface area contributed by atoms with Crippen molar-refractivity contribution < 1.29 is 14.7 Å². The topological polar surface area (TPSA) is 57.6 Å². The van der Waals surface area contributed by atoms with Gasteiger partial charge in [0.05, 0.1) is 6.04 Å². The number of hydrogen-bond donors (Lipinski definition) is 1. The minimum Gasteiger partial charge on any atom is -0.481 e. The fraction of sp³-hybridized carbons (Fsp3) is 0.467. The Kier molecular flexibility index (Phi) is 3.60. The van der Waals surface area contributed by atoms with Crippen LogP contribution >= 0.6 is 0 Å². The zero-order valence-electron chi connectivity index (χ0n) is 11.5. The van der Waals surface area contributed by atoms with E-state index in [1.54, 1.807) is 29.2 Å². The molecule has 1 amide bonds. The van der Waals surface area contributed by atoms with E-state index >= 15 is 0 Å². The molecule has 0 aliphatic carbocycles. The molecule has 1 aromatic carbocycles. The van der Waals surface area contributed by atoms with Crippen LogP contribution < -0.4 is 0 Å². The van der Waals surface area contributed by atoms with E-state index in [-0.39, 0.29) is 17.9 Å². The lowest BCUT2D eigenvalue weighted by Crippen LogP contribution is -2.52. The molecule has 1 aliphatic heterocycles. The summed E-state index contributed by atoms with van der Waals surface area (Å²) in [6, 6.07) is 6.76. The maximum Gasteiger partial charge on any atom is 0.313 e. The van der Waals surface area contributed by atoms with Crippen molar-refractivity contribution in [2.45, 2.75) is 32.7 Å². The van der Waals surface area contributed by atoms with E-state index in [0.29, 0.717) is 17.7 Å². The quantitative estimate of drug-likeness (QED) is 0.908. The van der Waals surface area contributed by atoms with Gasteiger partial charge in [0, 0.05) is 12.1 Å². The molecule has 102 valence electrons. The second kappa shape index (κ2) is 5.03. The molecular weight excluding hydrogens is 242 g/mol. The van der Waals surface area contributed by atoms with Crippen molar-refractivity contribution >= 4 is 11.9 Å². The molecule has 2 rings (SSSR count). The van der Waals surface area contributed by atoms with Crippen LogP contribution in [0.1, 0.15) is 42.6 Å². The van der Waals surface area contributed by atoms with Crippen LogP contribution in [0.15, 0.2) is 24.3 Å². The summed E-state index contributed by atoms with van der Waals surface area (Å²) in [4.78, 5) is 25.8. The fourth-order valence-electron chi connectivity index (χ4n) is 3.00. The first-order valence-electron chi connectivity index (χ1n) is 6.61.